The van der Waals surface area contributed by atoms with E-state index in [0.717, 1.165) is 0 Å². The molecule has 0 saturated carbocycles. The fourth-order valence-electron chi connectivity index (χ4n) is 2.88. The maximum absolute atomic E-state index is 5.70. The molecule has 0 fully saturated rings. The van der Waals surface area contributed by atoms with Crippen LogP contribution in [0.4, 0.5) is 0 Å². The molecule has 0 aliphatic rings. The summed E-state index contributed by atoms with van der Waals surface area (Å²) in [6, 6.07) is 17.2. The Morgan fingerprint density at radius 1 is 0.680 bits per heavy atom. The van der Waals surface area contributed by atoms with Crippen LogP contribution in [0.25, 0.3) is 32.3 Å². The van der Waals surface area contributed by atoms with Gasteiger partial charge in [-0.15, -0.1) is 22.7 Å². The van der Waals surface area contributed by atoms with E-state index in [4.69, 9.17) is 4.74 Å². The molecule has 4 rings (SSSR count). The largest absolute Gasteiger partial charge is 0.373 e. The second-order valence-electron chi connectivity index (χ2n) is 5.70. The smallest absolute Gasteiger partial charge is 0.0655 e. The van der Waals surface area contributed by atoms with E-state index >= 15 is 0 Å². The SMILES string of the molecule is C(=Cc1cccc2sccc12)COCC=Cc1cccc2sccc12. The van der Waals surface area contributed by atoms with Gasteiger partial charge in [0.25, 0.3) is 0 Å². The zero-order chi connectivity index (χ0) is 16.9. The molecule has 0 spiro atoms. The van der Waals surface area contributed by atoms with Crippen molar-refractivity contribution in [1.82, 2.24) is 0 Å². The molecule has 2 aromatic carbocycles. The standard InChI is InChI=1S/C22H18OS2/c1-5-17(19-11-15-24-21(19)9-1)7-3-13-23-14-4-8-18-6-2-10-22-20(18)12-16-25-22/h1-12,15-16H,13-14H2. The summed E-state index contributed by atoms with van der Waals surface area (Å²) < 4.78 is 8.35. The van der Waals surface area contributed by atoms with E-state index in [0.29, 0.717) is 13.2 Å². The molecule has 2 heterocycles. The molecular weight excluding hydrogens is 344 g/mol. The Hall–Kier alpha value is -2.20. The van der Waals surface area contributed by atoms with Gasteiger partial charge in [-0.3, -0.25) is 0 Å². The quantitative estimate of drug-likeness (QED) is 0.340. The second kappa shape index (κ2) is 7.79. The number of fused-ring (bicyclic) bond motifs is 2. The minimum Gasteiger partial charge on any atom is -0.373 e. The Balaban J connectivity index is 1.31. The van der Waals surface area contributed by atoms with Gasteiger partial charge >= 0.3 is 0 Å². The summed E-state index contributed by atoms with van der Waals surface area (Å²) >= 11 is 3.56. The van der Waals surface area contributed by atoms with Crippen molar-refractivity contribution >= 4 is 55.0 Å². The first kappa shape index (κ1) is 16.3. The van der Waals surface area contributed by atoms with E-state index in [1.54, 1.807) is 22.7 Å². The van der Waals surface area contributed by atoms with E-state index in [1.807, 2.05) is 0 Å². The third-order valence-electron chi connectivity index (χ3n) is 4.08. The van der Waals surface area contributed by atoms with Gasteiger partial charge in [0.15, 0.2) is 0 Å². The predicted molar refractivity (Wildman–Crippen MR) is 113 cm³/mol. The van der Waals surface area contributed by atoms with Gasteiger partial charge in [-0.05, 0) is 56.9 Å². The number of thiophene rings is 2. The van der Waals surface area contributed by atoms with Crippen LogP contribution in [-0.4, -0.2) is 13.2 Å². The van der Waals surface area contributed by atoms with Crippen LogP contribution in [0.1, 0.15) is 11.1 Å². The van der Waals surface area contributed by atoms with Crippen molar-refractivity contribution in [3.8, 4) is 0 Å². The number of hydrogen-bond acceptors (Lipinski definition) is 3. The lowest BCUT2D eigenvalue weighted by Crippen LogP contribution is -1.90. The molecule has 0 N–H and O–H groups in total. The van der Waals surface area contributed by atoms with Crippen molar-refractivity contribution < 1.29 is 4.74 Å². The van der Waals surface area contributed by atoms with Crippen LogP contribution < -0.4 is 0 Å². The van der Waals surface area contributed by atoms with Gasteiger partial charge in [0.05, 0.1) is 13.2 Å². The van der Waals surface area contributed by atoms with Gasteiger partial charge in [-0.1, -0.05) is 48.6 Å². The Labute approximate surface area is 155 Å². The topological polar surface area (TPSA) is 9.23 Å². The van der Waals surface area contributed by atoms with E-state index in [9.17, 15) is 0 Å². The number of hydrogen-bond donors (Lipinski definition) is 0. The summed E-state index contributed by atoms with van der Waals surface area (Å²) in [6.07, 6.45) is 8.45. The number of rotatable bonds is 6. The molecule has 0 aliphatic heterocycles. The Bertz CT molecular complexity index is 952. The molecule has 2 aromatic heterocycles. The summed E-state index contributed by atoms with van der Waals surface area (Å²) in [7, 11) is 0. The third-order valence-corrected chi connectivity index (χ3v) is 5.85. The van der Waals surface area contributed by atoms with Crippen LogP contribution in [-0.2, 0) is 4.74 Å². The van der Waals surface area contributed by atoms with Crippen LogP contribution in [0.2, 0.25) is 0 Å². The van der Waals surface area contributed by atoms with Gasteiger partial charge in [-0.25, -0.2) is 0 Å². The lowest BCUT2D eigenvalue weighted by molar-refractivity contribution is 0.195. The molecule has 0 bridgehead atoms. The first-order chi connectivity index (χ1) is 12.4. The normalized spacial score (nSPS) is 12.2. The molecule has 0 aliphatic carbocycles. The molecule has 0 amide bonds. The van der Waals surface area contributed by atoms with Crippen LogP contribution >= 0.6 is 22.7 Å². The molecule has 0 unspecified atom stereocenters. The summed E-state index contributed by atoms with van der Waals surface area (Å²) in [5, 5.41) is 6.90. The first-order valence-electron chi connectivity index (χ1n) is 8.25. The minimum absolute atomic E-state index is 0.619. The molecule has 0 atom stereocenters. The average molecular weight is 363 g/mol. The van der Waals surface area contributed by atoms with E-state index in [1.165, 1.54) is 31.3 Å². The zero-order valence-corrected chi connectivity index (χ0v) is 15.4. The Kier molecular flexibility index (Phi) is 5.07. The monoisotopic (exact) mass is 362 g/mol. The highest BCUT2D eigenvalue weighted by Crippen LogP contribution is 2.25. The van der Waals surface area contributed by atoms with Crippen LogP contribution in [0.15, 0.2) is 71.4 Å². The van der Waals surface area contributed by atoms with Gasteiger partial charge in [0, 0.05) is 9.40 Å². The highest BCUT2D eigenvalue weighted by atomic mass is 32.1. The molecule has 3 heteroatoms. The van der Waals surface area contributed by atoms with Crippen molar-refractivity contribution in [3.05, 3.63) is 82.6 Å². The predicted octanol–water partition coefficient (Wildman–Crippen LogP) is 6.86. The first-order valence-corrected chi connectivity index (χ1v) is 10.0. The van der Waals surface area contributed by atoms with Gasteiger partial charge in [0.2, 0.25) is 0 Å². The molecule has 0 radical (unpaired) electrons. The highest BCUT2D eigenvalue weighted by molar-refractivity contribution is 7.17. The molecule has 1 nitrogen and oxygen atoms in total. The van der Waals surface area contributed by atoms with Crippen molar-refractivity contribution in [2.24, 2.45) is 0 Å². The number of ether oxygens (including phenoxy) is 1. The zero-order valence-electron chi connectivity index (χ0n) is 13.7. The van der Waals surface area contributed by atoms with Crippen molar-refractivity contribution in [3.63, 3.8) is 0 Å². The fraction of sp³-hybridized carbons (Fsp3) is 0.0909. The van der Waals surface area contributed by atoms with Gasteiger partial charge in [0.1, 0.15) is 0 Å². The summed E-state index contributed by atoms with van der Waals surface area (Å²) in [5.74, 6) is 0. The lowest BCUT2D eigenvalue weighted by atomic mass is 10.1. The molecule has 124 valence electrons. The Morgan fingerprint density at radius 2 is 1.20 bits per heavy atom. The molecular formula is C22H18OS2. The van der Waals surface area contributed by atoms with Crippen LogP contribution in [0.5, 0.6) is 0 Å². The van der Waals surface area contributed by atoms with E-state index in [-0.39, 0.29) is 0 Å². The van der Waals surface area contributed by atoms with Crippen LogP contribution in [0.3, 0.4) is 0 Å². The van der Waals surface area contributed by atoms with Crippen molar-refractivity contribution in [2.75, 3.05) is 13.2 Å². The maximum atomic E-state index is 5.70. The maximum Gasteiger partial charge on any atom is 0.0655 e. The van der Waals surface area contributed by atoms with E-state index < -0.39 is 0 Å². The fourth-order valence-corrected chi connectivity index (χ4v) is 4.52. The summed E-state index contributed by atoms with van der Waals surface area (Å²) in [5.41, 5.74) is 2.50. The van der Waals surface area contributed by atoms with Gasteiger partial charge < -0.3 is 4.74 Å². The lowest BCUT2D eigenvalue weighted by Gasteiger charge is -1.99. The van der Waals surface area contributed by atoms with Crippen molar-refractivity contribution in [1.29, 1.82) is 0 Å². The third kappa shape index (κ3) is 3.74. The second-order valence-corrected chi connectivity index (χ2v) is 7.60. The van der Waals surface area contributed by atoms with E-state index in [2.05, 4.69) is 83.6 Å². The highest BCUT2D eigenvalue weighted by Gasteiger charge is 1.98. The molecule has 25 heavy (non-hydrogen) atoms. The summed E-state index contributed by atoms with van der Waals surface area (Å²) in [4.78, 5) is 0. The Morgan fingerprint density at radius 3 is 1.72 bits per heavy atom. The summed E-state index contributed by atoms with van der Waals surface area (Å²) in [6.45, 7) is 1.24. The molecule has 0 saturated heterocycles. The van der Waals surface area contributed by atoms with Crippen molar-refractivity contribution in [2.45, 2.75) is 0 Å². The minimum atomic E-state index is 0.619. The van der Waals surface area contributed by atoms with Gasteiger partial charge in [-0.2, -0.15) is 0 Å². The van der Waals surface area contributed by atoms with Crippen LogP contribution in [0, 0.1) is 0 Å². The number of benzene rings is 2. The molecule has 4 aromatic rings. The average Bonchev–Trinajstić information content (AvgIpc) is 3.30.